The fourth-order valence-electron chi connectivity index (χ4n) is 20.9. The van der Waals surface area contributed by atoms with Gasteiger partial charge in [-0.15, -0.1) is 0 Å². The zero-order chi connectivity index (χ0) is 96.5. The SMILES string of the molecule is [2H]c1c([2H])c([2H])c(C2(c3c([2H])c([2H])c([2H])c([2H])c3[2H])c3ccccc3-c3cccc(-c4ccc5c(c4)B4c6ccc(-n7c8ccc(C(C)(C)C)cc8c8cc(C(C)(C)C)ccc87)cc6N(c6ccc(C(C)(C)C)cc6-c6ccccc6)c6cc(-n7c8cc(C(C)(C)C)ccc8c8ccc(C(C)(C)C)cc87)cc(c64)N5c4c(-c5ccccc5)cc(-c5ccccc5)cc4-c4ccccc4)c32)c([2H])c1[2H]. The van der Waals surface area contributed by atoms with Crippen LogP contribution in [0.4, 0.5) is 34.1 Å². The van der Waals surface area contributed by atoms with Crippen molar-refractivity contribution in [1.29, 1.82) is 0 Å². The third-order valence-corrected chi connectivity index (χ3v) is 27.5. The van der Waals surface area contributed by atoms with E-state index < -0.39 is 72.6 Å². The Kier molecular flexibility index (Phi) is 16.0. The molecule has 0 radical (unpaired) electrons. The molecule has 0 N–H and O–H groups in total. The molecular weight excluding hydrogens is 1540 g/mol. The van der Waals surface area contributed by atoms with Gasteiger partial charge in [0.2, 0.25) is 0 Å². The molecule has 0 amide bonds. The number of benzene rings is 17. The van der Waals surface area contributed by atoms with E-state index in [1.54, 1.807) is 0 Å². The van der Waals surface area contributed by atoms with Gasteiger partial charge in [-0.2, -0.15) is 0 Å². The molecule has 4 heterocycles. The number of anilines is 6. The molecule has 128 heavy (non-hydrogen) atoms. The first-order valence-electron chi connectivity index (χ1n) is 50.0. The van der Waals surface area contributed by atoms with Crippen molar-refractivity contribution in [3.63, 3.8) is 0 Å². The van der Waals surface area contributed by atoms with Gasteiger partial charge in [0.15, 0.2) is 0 Å². The zero-order valence-corrected chi connectivity index (χ0v) is 75.4. The minimum absolute atomic E-state index is 0.170. The van der Waals surface area contributed by atoms with Crippen molar-refractivity contribution < 1.29 is 13.7 Å². The summed E-state index contributed by atoms with van der Waals surface area (Å²) in [6.45, 7) is 33.7. The highest BCUT2D eigenvalue weighted by molar-refractivity contribution is 7.00. The van der Waals surface area contributed by atoms with Gasteiger partial charge in [0.1, 0.15) is 0 Å². The summed E-state index contributed by atoms with van der Waals surface area (Å²) in [5, 5.41) is 4.56. The van der Waals surface area contributed by atoms with E-state index in [-0.39, 0.29) is 38.2 Å². The highest BCUT2D eigenvalue weighted by Crippen LogP contribution is 2.61. The van der Waals surface area contributed by atoms with Gasteiger partial charge in [0.25, 0.3) is 6.71 Å². The van der Waals surface area contributed by atoms with Crippen molar-refractivity contribution in [1.82, 2.24) is 9.13 Å². The van der Waals surface area contributed by atoms with Crippen LogP contribution in [0.25, 0.3) is 122 Å². The average molecular weight is 1660 g/mol. The van der Waals surface area contributed by atoms with Crippen LogP contribution in [-0.4, -0.2) is 15.8 Å². The predicted octanol–water partition coefficient (Wildman–Crippen LogP) is 31.1. The number of nitrogens with zero attached hydrogens (tertiary/aromatic N) is 4. The molecule has 0 fully saturated rings. The minimum atomic E-state index is -2.19. The van der Waals surface area contributed by atoms with Crippen molar-refractivity contribution in [2.75, 3.05) is 9.80 Å². The first kappa shape index (κ1) is 69.2. The average Bonchev–Trinajstić information content (AvgIpc) is 1.42. The molecular formula is C123H107BN4. The first-order chi connectivity index (χ1) is 65.8. The van der Waals surface area contributed by atoms with Crippen molar-refractivity contribution >= 4 is 101 Å². The third-order valence-electron chi connectivity index (χ3n) is 27.5. The molecule has 3 aliphatic rings. The molecule has 17 aromatic carbocycles. The highest BCUT2D eigenvalue weighted by Gasteiger charge is 2.50. The molecule has 1 aliphatic carbocycles. The normalized spacial score (nSPS) is 14.7. The largest absolute Gasteiger partial charge is 0.311 e. The van der Waals surface area contributed by atoms with Gasteiger partial charge >= 0.3 is 0 Å². The van der Waals surface area contributed by atoms with Gasteiger partial charge in [-0.3, -0.25) is 0 Å². The van der Waals surface area contributed by atoms with Crippen LogP contribution >= 0.6 is 0 Å². The van der Waals surface area contributed by atoms with Gasteiger partial charge in [-0.25, -0.2) is 0 Å². The quantitative estimate of drug-likeness (QED) is 0.120. The highest BCUT2D eigenvalue weighted by atomic mass is 15.2. The lowest BCUT2D eigenvalue weighted by molar-refractivity contribution is 0.590. The molecule has 19 aromatic rings. The van der Waals surface area contributed by atoms with Crippen LogP contribution in [0.1, 0.15) is 168 Å². The Morgan fingerprint density at radius 2 is 0.688 bits per heavy atom. The van der Waals surface area contributed by atoms with Gasteiger partial charge in [-0.05, 0) is 235 Å². The lowest BCUT2D eigenvalue weighted by Gasteiger charge is -2.46. The fraction of sp³-hybridized carbons (Fsp3) is 0.171. The second-order valence-corrected chi connectivity index (χ2v) is 40.5. The molecule has 0 bridgehead atoms. The number of hydrogen-bond donors (Lipinski definition) is 0. The molecule has 622 valence electrons. The smallest absolute Gasteiger partial charge is 0.252 e. The van der Waals surface area contributed by atoms with Crippen LogP contribution < -0.4 is 26.2 Å². The van der Waals surface area contributed by atoms with E-state index >= 15 is 0 Å². The van der Waals surface area contributed by atoms with Gasteiger partial charge in [0.05, 0.1) is 58.3 Å². The van der Waals surface area contributed by atoms with Gasteiger partial charge in [-0.1, -0.05) is 389 Å². The Balaban J connectivity index is 0.958. The Morgan fingerprint density at radius 3 is 1.22 bits per heavy atom. The van der Waals surface area contributed by atoms with Crippen LogP contribution in [0.2, 0.25) is 0 Å². The fourth-order valence-corrected chi connectivity index (χ4v) is 20.9. The second-order valence-electron chi connectivity index (χ2n) is 40.5. The predicted molar refractivity (Wildman–Crippen MR) is 547 cm³/mol. The third kappa shape index (κ3) is 12.8. The Bertz CT molecular complexity index is 8020. The van der Waals surface area contributed by atoms with E-state index in [0.29, 0.717) is 33.4 Å². The van der Waals surface area contributed by atoms with E-state index in [4.69, 9.17) is 0 Å². The molecule has 4 nitrogen and oxygen atoms in total. The summed E-state index contributed by atoms with van der Waals surface area (Å²) in [5.41, 5.74) is 27.9. The number of hydrogen-bond acceptors (Lipinski definition) is 2. The molecule has 0 saturated carbocycles. The summed E-state index contributed by atoms with van der Waals surface area (Å²) >= 11 is 0. The molecule has 0 unspecified atom stereocenters. The second kappa shape index (κ2) is 29.6. The Hall–Kier alpha value is -14.0. The summed E-state index contributed by atoms with van der Waals surface area (Å²) in [4.78, 5) is 5.16. The molecule has 0 spiro atoms. The minimum Gasteiger partial charge on any atom is -0.311 e. The molecule has 5 heteroatoms. The lowest BCUT2D eigenvalue weighted by atomic mass is 9.33. The van der Waals surface area contributed by atoms with Crippen molar-refractivity contribution in [2.24, 2.45) is 0 Å². The monoisotopic (exact) mass is 1660 g/mol. The van der Waals surface area contributed by atoms with E-state index in [2.05, 4.69) is 396 Å². The summed E-state index contributed by atoms with van der Waals surface area (Å²) < 4.78 is 103. The van der Waals surface area contributed by atoms with Crippen LogP contribution in [0, 0.1) is 0 Å². The summed E-state index contributed by atoms with van der Waals surface area (Å²) in [6, 6.07) is 109. The van der Waals surface area contributed by atoms with Crippen molar-refractivity contribution in [2.45, 2.75) is 136 Å². The number of fused-ring (bicyclic) bond motifs is 13. The first-order valence-corrected chi connectivity index (χ1v) is 45.0. The number of rotatable bonds is 11. The van der Waals surface area contributed by atoms with Crippen LogP contribution in [-0.2, 0) is 32.5 Å². The van der Waals surface area contributed by atoms with Crippen molar-refractivity contribution in [3.8, 4) is 78.1 Å². The molecule has 22 rings (SSSR count). The maximum absolute atomic E-state index is 10.3. The van der Waals surface area contributed by atoms with Crippen LogP contribution in [0.15, 0.2) is 376 Å². The van der Waals surface area contributed by atoms with E-state index in [0.717, 1.165) is 150 Å². The summed E-state index contributed by atoms with van der Waals surface area (Å²) in [6.07, 6.45) is 0. The number of aromatic nitrogens is 2. The summed E-state index contributed by atoms with van der Waals surface area (Å²) in [7, 11) is 0. The van der Waals surface area contributed by atoms with Crippen LogP contribution in [0.3, 0.4) is 0 Å². The van der Waals surface area contributed by atoms with E-state index in [9.17, 15) is 13.7 Å². The lowest BCUT2D eigenvalue weighted by Crippen LogP contribution is -2.61. The van der Waals surface area contributed by atoms with Gasteiger partial charge < -0.3 is 18.9 Å². The molecule has 0 atom stereocenters. The Labute approximate surface area is 769 Å². The molecule has 0 saturated heterocycles. The van der Waals surface area contributed by atoms with E-state index in [1.165, 1.54) is 27.8 Å². The standard InChI is InChI=1S/C123H107BN4/c1-118(2,3)86-56-64-106(98(70-86)79-39-24-17-25-40-79)127-112-75-91(125-107-65-57-87(119(4,5)6)71-101(107)102-72-88(120(7,8)9)58-66-108(102)125)59-62-104(112)124-105-69-82(93-50-36-51-97-94-49-34-35-52-103(94)123(115(93)97,84-45-30-20-31-46-84)85-47-32-21-33-48-85)53-63-109(105)128(117-99(80-41-26-18-27-42-80)67-83(78-37-22-16-23-38-78)68-100(117)81-43-28-19-29-44-81)114-77-92(76-113(127)116(114)124)126-110-73-89(121(10,11)12)54-60-95(110)96-61-55-90(74-111(96)126)122(13,14)15/h16-77H,1-15H3/i20D,21D,30D,31D,32D,33D,45D,46D,47D,48D. The topological polar surface area (TPSA) is 16.3 Å². The molecule has 2 aliphatic heterocycles. The maximum Gasteiger partial charge on any atom is 0.252 e. The van der Waals surface area contributed by atoms with Crippen LogP contribution in [0.5, 0.6) is 0 Å². The van der Waals surface area contributed by atoms with Crippen molar-refractivity contribution in [3.05, 3.63) is 426 Å². The summed E-state index contributed by atoms with van der Waals surface area (Å²) in [5.74, 6) is 0. The zero-order valence-electron chi connectivity index (χ0n) is 85.4. The maximum atomic E-state index is 10.3. The van der Waals surface area contributed by atoms with E-state index in [1.807, 2.05) is 42.5 Å². The molecule has 2 aromatic heterocycles. The van der Waals surface area contributed by atoms with Gasteiger partial charge in [0, 0.05) is 66.7 Å². The Morgan fingerprint density at radius 1 is 0.258 bits per heavy atom.